The fourth-order valence-corrected chi connectivity index (χ4v) is 5.63. The van der Waals surface area contributed by atoms with Gasteiger partial charge < -0.3 is 9.73 Å². The van der Waals surface area contributed by atoms with E-state index in [0.717, 1.165) is 11.1 Å². The first-order valence-corrected chi connectivity index (χ1v) is 14.2. The van der Waals surface area contributed by atoms with Crippen LogP contribution >= 0.6 is 11.8 Å². The Balaban J connectivity index is 1.62. The maximum absolute atomic E-state index is 13.5. The molecular weight excluding hydrogens is 498 g/mol. The number of benzene rings is 3. The van der Waals surface area contributed by atoms with E-state index in [4.69, 9.17) is 4.42 Å². The third kappa shape index (κ3) is 5.72. The average Bonchev–Trinajstić information content (AvgIpc) is 3.18. The second-order valence-electron chi connectivity index (χ2n) is 8.27. The fraction of sp³-hybridized carbons (Fsp3) is 0.231. The first-order chi connectivity index (χ1) is 17.3. The Labute approximate surface area is 213 Å². The quantitative estimate of drug-likeness (QED) is 0.328. The van der Waals surface area contributed by atoms with E-state index in [1.165, 1.54) is 34.5 Å². The van der Waals surface area contributed by atoms with Gasteiger partial charge in [-0.2, -0.15) is 16.5 Å². The molecule has 0 radical (unpaired) electrons. The van der Waals surface area contributed by atoms with Crippen molar-refractivity contribution in [3.05, 3.63) is 101 Å². The highest BCUT2D eigenvalue weighted by atomic mass is 32.2. The monoisotopic (exact) mass is 525 g/mol. The maximum atomic E-state index is 13.5. The van der Waals surface area contributed by atoms with Crippen molar-refractivity contribution in [2.24, 2.45) is 7.05 Å². The van der Waals surface area contributed by atoms with Crippen molar-refractivity contribution < 1.29 is 17.6 Å². The van der Waals surface area contributed by atoms with Crippen molar-refractivity contribution in [1.82, 2.24) is 14.6 Å². The number of hydrogen-bond donors (Lipinski definition) is 2. The number of carbonyl (C=O) groups is 1. The summed E-state index contributed by atoms with van der Waals surface area (Å²) >= 11 is 1.52. The molecule has 1 aromatic heterocycles. The number of oxazole rings is 1. The molecular formula is C26H27N3O5S2. The van der Waals surface area contributed by atoms with Gasteiger partial charge in [0.2, 0.25) is 15.9 Å². The van der Waals surface area contributed by atoms with Crippen LogP contribution in [-0.4, -0.2) is 36.9 Å². The number of hydrogen-bond acceptors (Lipinski definition) is 6. The summed E-state index contributed by atoms with van der Waals surface area (Å²) in [5.74, 6) is -0.440. The van der Waals surface area contributed by atoms with Crippen LogP contribution in [0.1, 0.15) is 23.6 Å². The van der Waals surface area contributed by atoms with Gasteiger partial charge in [0, 0.05) is 13.1 Å². The molecule has 1 heterocycles. The molecule has 36 heavy (non-hydrogen) atoms. The second kappa shape index (κ2) is 11.2. The number of thioether (sulfide) groups is 1. The molecule has 1 unspecified atom stereocenters. The summed E-state index contributed by atoms with van der Waals surface area (Å²) in [6.07, 6.45) is 2.19. The normalized spacial score (nSPS) is 12.6. The average molecular weight is 526 g/mol. The largest absolute Gasteiger partial charge is 0.419 e. The number of aromatic nitrogens is 1. The minimum atomic E-state index is -4.09. The summed E-state index contributed by atoms with van der Waals surface area (Å²) in [5, 5.41) is 3.03. The predicted molar refractivity (Wildman–Crippen MR) is 141 cm³/mol. The lowest BCUT2D eigenvalue weighted by Crippen LogP contribution is -2.48. The van der Waals surface area contributed by atoms with Gasteiger partial charge in [-0.25, -0.2) is 13.2 Å². The smallest absolute Gasteiger partial charge is 0.408 e. The predicted octanol–water partition coefficient (Wildman–Crippen LogP) is 3.44. The van der Waals surface area contributed by atoms with Crippen LogP contribution in [0.4, 0.5) is 0 Å². The van der Waals surface area contributed by atoms with E-state index < -0.39 is 33.8 Å². The number of fused-ring (bicyclic) bond motifs is 1. The van der Waals surface area contributed by atoms with Gasteiger partial charge in [0.05, 0.1) is 16.5 Å². The van der Waals surface area contributed by atoms with Gasteiger partial charge in [0.25, 0.3) is 0 Å². The van der Waals surface area contributed by atoms with Crippen LogP contribution < -0.4 is 15.8 Å². The van der Waals surface area contributed by atoms with Crippen LogP contribution in [0.5, 0.6) is 0 Å². The number of sulfonamides is 1. The van der Waals surface area contributed by atoms with E-state index in [1.54, 1.807) is 7.05 Å². The van der Waals surface area contributed by atoms with E-state index in [9.17, 15) is 18.0 Å². The third-order valence-electron chi connectivity index (χ3n) is 5.85. The van der Waals surface area contributed by atoms with Crippen LogP contribution in [0.2, 0.25) is 0 Å². The van der Waals surface area contributed by atoms with Crippen molar-refractivity contribution in [3.63, 3.8) is 0 Å². The SMILES string of the molecule is CSCCC(NS(=O)(=O)c1ccc2c(c1)oc(=O)n2C)C(=O)NC(c1ccccc1)c1ccccc1. The molecule has 4 aromatic rings. The molecule has 4 rings (SSSR count). The van der Waals surface area contributed by atoms with Crippen LogP contribution in [0.25, 0.3) is 11.1 Å². The number of nitrogens with one attached hydrogen (secondary N) is 2. The fourth-order valence-electron chi connectivity index (χ4n) is 3.91. The first-order valence-electron chi connectivity index (χ1n) is 11.3. The van der Waals surface area contributed by atoms with E-state index in [1.807, 2.05) is 66.9 Å². The Morgan fingerprint density at radius 2 is 1.61 bits per heavy atom. The number of rotatable bonds is 10. The lowest BCUT2D eigenvalue weighted by molar-refractivity contribution is -0.123. The Kier molecular flexibility index (Phi) is 7.97. The molecule has 2 N–H and O–H groups in total. The highest BCUT2D eigenvalue weighted by Gasteiger charge is 2.28. The molecule has 0 spiro atoms. The van der Waals surface area contributed by atoms with Crippen LogP contribution in [-0.2, 0) is 21.9 Å². The van der Waals surface area contributed by atoms with Gasteiger partial charge in [0.1, 0.15) is 6.04 Å². The number of carbonyl (C=O) groups excluding carboxylic acids is 1. The second-order valence-corrected chi connectivity index (χ2v) is 11.0. The summed E-state index contributed by atoms with van der Waals surface area (Å²) in [5.41, 5.74) is 2.40. The lowest BCUT2D eigenvalue weighted by atomic mass is 9.98. The number of nitrogens with zero attached hydrogens (tertiary/aromatic N) is 1. The lowest BCUT2D eigenvalue weighted by Gasteiger charge is -2.24. The van der Waals surface area contributed by atoms with Gasteiger partial charge in [0.15, 0.2) is 5.58 Å². The summed E-state index contributed by atoms with van der Waals surface area (Å²) in [6.45, 7) is 0. The summed E-state index contributed by atoms with van der Waals surface area (Å²) in [6, 6.07) is 21.8. The Morgan fingerprint density at radius 1 is 1.00 bits per heavy atom. The summed E-state index contributed by atoms with van der Waals surface area (Å²) < 4.78 is 35.5. The molecule has 3 aromatic carbocycles. The first kappa shape index (κ1) is 25.7. The Hall–Kier alpha value is -3.34. The van der Waals surface area contributed by atoms with Crippen LogP contribution in [0, 0.1) is 0 Å². The molecule has 0 aliphatic heterocycles. The summed E-state index contributed by atoms with van der Waals surface area (Å²) in [4.78, 5) is 25.2. The molecule has 8 nitrogen and oxygen atoms in total. The maximum Gasteiger partial charge on any atom is 0.419 e. The minimum absolute atomic E-state index is 0.0889. The van der Waals surface area contributed by atoms with E-state index in [2.05, 4.69) is 10.0 Å². The Bertz CT molecular complexity index is 1460. The van der Waals surface area contributed by atoms with E-state index in [-0.39, 0.29) is 10.5 Å². The molecule has 1 atom stereocenters. The number of aryl methyl sites for hydroxylation is 1. The highest BCUT2D eigenvalue weighted by molar-refractivity contribution is 7.98. The molecule has 0 saturated carbocycles. The molecule has 0 fully saturated rings. The summed E-state index contributed by atoms with van der Waals surface area (Å²) in [7, 11) is -2.55. The van der Waals surface area contributed by atoms with E-state index in [0.29, 0.717) is 17.7 Å². The van der Waals surface area contributed by atoms with Gasteiger partial charge in [-0.05, 0) is 41.7 Å². The number of amides is 1. The highest BCUT2D eigenvalue weighted by Crippen LogP contribution is 2.23. The van der Waals surface area contributed by atoms with Gasteiger partial charge in [-0.3, -0.25) is 9.36 Å². The zero-order valence-electron chi connectivity index (χ0n) is 19.9. The molecule has 0 saturated heterocycles. The van der Waals surface area contributed by atoms with Crippen molar-refractivity contribution in [3.8, 4) is 0 Å². The zero-order chi connectivity index (χ0) is 25.7. The molecule has 1 amide bonds. The van der Waals surface area contributed by atoms with Crippen molar-refractivity contribution in [2.75, 3.05) is 12.0 Å². The van der Waals surface area contributed by atoms with Crippen LogP contribution in [0.15, 0.2) is 93.0 Å². The molecule has 10 heteroatoms. The minimum Gasteiger partial charge on any atom is -0.408 e. The van der Waals surface area contributed by atoms with Crippen LogP contribution in [0.3, 0.4) is 0 Å². The topological polar surface area (TPSA) is 110 Å². The van der Waals surface area contributed by atoms with Gasteiger partial charge >= 0.3 is 5.76 Å². The molecule has 0 bridgehead atoms. The Morgan fingerprint density at radius 3 is 2.19 bits per heavy atom. The van der Waals surface area contributed by atoms with Gasteiger partial charge in [-0.1, -0.05) is 60.7 Å². The van der Waals surface area contributed by atoms with Crippen molar-refractivity contribution in [2.45, 2.75) is 23.4 Å². The van der Waals surface area contributed by atoms with Crippen molar-refractivity contribution >= 4 is 38.8 Å². The third-order valence-corrected chi connectivity index (χ3v) is 7.96. The van der Waals surface area contributed by atoms with Crippen molar-refractivity contribution in [1.29, 1.82) is 0 Å². The molecule has 0 aliphatic carbocycles. The van der Waals surface area contributed by atoms with E-state index >= 15 is 0 Å². The molecule has 0 aliphatic rings. The standard InChI is InChI=1S/C26H27N3O5S2/c1-29-22-14-13-20(17-23(22)34-26(29)31)36(32,33)28-21(15-16-35-2)25(30)27-24(18-9-5-3-6-10-18)19-11-7-4-8-12-19/h3-14,17,21,24,28H,15-16H2,1-2H3,(H,27,30). The van der Waals surface area contributed by atoms with Gasteiger partial charge in [-0.15, -0.1) is 0 Å². The molecule has 188 valence electrons. The zero-order valence-corrected chi connectivity index (χ0v) is 21.5.